The first-order valence-electron chi connectivity index (χ1n) is 5.53. The van der Waals surface area contributed by atoms with Crippen LogP contribution in [-0.2, 0) is 4.79 Å². The lowest BCUT2D eigenvalue weighted by Gasteiger charge is -1.98. The molecule has 0 unspecified atom stereocenters. The van der Waals surface area contributed by atoms with Crippen LogP contribution in [0.4, 0.5) is 5.69 Å². The lowest BCUT2D eigenvalue weighted by molar-refractivity contribution is -0.111. The molecule has 0 atom stereocenters. The largest absolute Gasteiger partial charge is 0.366 e. The van der Waals surface area contributed by atoms with E-state index in [2.05, 4.69) is 15.5 Å². The highest BCUT2D eigenvalue weighted by atomic mass is 16.1. The third-order valence-electron chi connectivity index (χ3n) is 2.39. The average Bonchev–Trinajstić information content (AvgIpc) is 2.89. The van der Waals surface area contributed by atoms with E-state index in [0.29, 0.717) is 11.3 Å². The molecule has 2 aromatic rings. The van der Waals surface area contributed by atoms with Gasteiger partial charge in [-0.15, -0.1) is 0 Å². The second kappa shape index (κ2) is 5.63. The summed E-state index contributed by atoms with van der Waals surface area (Å²) in [6.07, 6.45) is 6.12. The number of nitrogens with zero attached hydrogens (tertiary/aromatic N) is 1. The summed E-state index contributed by atoms with van der Waals surface area (Å²) in [4.78, 5) is 22.4. The first kappa shape index (κ1) is 12.6. The fourth-order valence-electron chi connectivity index (χ4n) is 1.43. The van der Waals surface area contributed by atoms with Gasteiger partial charge in [-0.2, -0.15) is 5.10 Å². The number of benzene rings is 1. The SMILES string of the molecule is NC(=O)c1ccc(/C=C/C(=O)Nc2cn[nH]c2)cc1. The van der Waals surface area contributed by atoms with Crippen LogP contribution in [0.5, 0.6) is 0 Å². The molecule has 0 aliphatic carbocycles. The number of nitrogens with two attached hydrogens (primary N) is 1. The van der Waals surface area contributed by atoms with Gasteiger partial charge in [-0.1, -0.05) is 12.1 Å². The van der Waals surface area contributed by atoms with E-state index in [-0.39, 0.29) is 5.91 Å². The van der Waals surface area contributed by atoms with Crippen molar-refractivity contribution in [3.8, 4) is 0 Å². The Morgan fingerprint density at radius 3 is 2.58 bits per heavy atom. The molecule has 1 aromatic heterocycles. The Labute approximate surface area is 109 Å². The predicted octanol–water partition coefficient (Wildman–Crippen LogP) is 1.16. The number of H-pyrrole nitrogens is 1. The maximum atomic E-state index is 11.5. The van der Waals surface area contributed by atoms with Crippen LogP contribution < -0.4 is 11.1 Å². The third-order valence-corrected chi connectivity index (χ3v) is 2.39. The highest BCUT2D eigenvalue weighted by Crippen LogP contribution is 2.06. The van der Waals surface area contributed by atoms with Crippen molar-refractivity contribution < 1.29 is 9.59 Å². The molecule has 0 saturated heterocycles. The van der Waals surface area contributed by atoms with Gasteiger partial charge in [-0.3, -0.25) is 14.7 Å². The Balaban J connectivity index is 1.98. The number of aromatic nitrogens is 2. The van der Waals surface area contributed by atoms with Crippen molar-refractivity contribution in [1.29, 1.82) is 0 Å². The quantitative estimate of drug-likeness (QED) is 0.715. The van der Waals surface area contributed by atoms with Crippen molar-refractivity contribution in [2.75, 3.05) is 5.32 Å². The van der Waals surface area contributed by atoms with Gasteiger partial charge in [0.05, 0.1) is 11.9 Å². The third kappa shape index (κ3) is 3.53. The summed E-state index contributed by atoms with van der Waals surface area (Å²) in [5.74, 6) is -0.742. The van der Waals surface area contributed by atoms with Crippen molar-refractivity contribution in [2.24, 2.45) is 5.73 Å². The fraction of sp³-hybridized carbons (Fsp3) is 0. The van der Waals surface area contributed by atoms with Gasteiger partial charge in [0.15, 0.2) is 0 Å². The van der Waals surface area contributed by atoms with Crippen molar-refractivity contribution in [1.82, 2.24) is 10.2 Å². The molecular weight excluding hydrogens is 244 g/mol. The molecule has 0 fully saturated rings. The summed E-state index contributed by atoms with van der Waals surface area (Å²) >= 11 is 0. The summed E-state index contributed by atoms with van der Waals surface area (Å²) in [7, 11) is 0. The molecule has 0 spiro atoms. The van der Waals surface area contributed by atoms with Crippen LogP contribution in [0.2, 0.25) is 0 Å². The summed E-state index contributed by atoms with van der Waals surface area (Å²) in [5.41, 5.74) is 6.96. The van der Waals surface area contributed by atoms with Gasteiger partial charge in [0.2, 0.25) is 11.8 Å². The molecule has 0 radical (unpaired) electrons. The van der Waals surface area contributed by atoms with E-state index >= 15 is 0 Å². The Hall–Kier alpha value is -2.89. The Kier molecular flexibility index (Phi) is 3.72. The molecule has 6 nitrogen and oxygen atoms in total. The number of carbonyl (C=O) groups excluding carboxylic acids is 2. The van der Waals surface area contributed by atoms with Gasteiger partial charge in [0.25, 0.3) is 0 Å². The number of amides is 2. The smallest absolute Gasteiger partial charge is 0.248 e. The molecule has 96 valence electrons. The molecule has 19 heavy (non-hydrogen) atoms. The van der Waals surface area contributed by atoms with Gasteiger partial charge >= 0.3 is 0 Å². The van der Waals surface area contributed by atoms with E-state index in [0.717, 1.165) is 5.56 Å². The molecule has 1 aromatic carbocycles. The zero-order valence-corrected chi connectivity index (χ0v) is 9.96. The molecule has 0 bridgehead atoms. The number of nitrogens with one attached hydrogen (secondary N) is 2. The summed E-state index contributed by atoms with van der Waals surface area (Å²) in [6.45, 7) is 0. The van der Waals surface area contributed by atoms with Crippen molar-refractivity contribution in [3.05, 3.63) is 53.9 Å². The van der Waals surface area contributed by atoms with E-state index in [1.807, 2.05) is 0 Å². The lowest BCUT2D eigenvalue weighted by Crippen LogP contribution is -2.10. The lowest BCUT2D eigenvalue weighted by atomic mass is 10.1. The predicted molar refractivity (Wildman–Crippen MR) is 71.2 cm³/mol. The van der Waals surface area contributed by atoms with Crippen LogP contribution in [0.1, 0.15) is 15.9 Å². The molecule has 0 aliphatic heterocycles. The van der Waals surface area contributed by atoms with Gasteiger partial charge in [-0.25, -0.2) is 0 Å². The van der Waals surface area contributed by atoms with E-state index in [4.69, 9.17) is 5.73 Å². The van der Waals surface area contributed by atoms with E-state index in [9.17, 15) is 9.59 Å². The number of hydrogen-bond acceptors (Lipinski definition) is 3. The molecular formula is C13H12N4O2. The Morgan fingerprint density at radius 2 is 2.00 bits per heavy atom. The van der Waals surface area contributed by atoms with Crippen LogP contribution >= 0.6 is 0 Å². The van der Waals surface area contributed by atoms with E-state index in [1.165, 1.54) is 12.3 Å². The molecule has 1 heterocycles. The standard InChI is InChI=1S/C13H12N4O2/c14-13(19)10-4-1-9(2-5-10)3-6-12(18)17-11-7-15-16-8-11/h1-8H,(H2,14,19)(H,15,16)(H,17,18)/b6-3+. The Morgan fingerprint density at radius 1 is 1.26 bits per heavy atom. The van der Waals surface area contributed by atoms with Gasteiger partial charge in [-0.05, 0) is 23.8 Å². The highest BCUT2D eigenvalue weighted by molar-refractivity contribution is 6.01. The number of rotatable bonds is 4. The minimum Gasteiger partial charge on any atom is -0.366 e. The fourth-order valence-corrected chi connectivity index (χ4v) is 1.43. The zero-order valence-electron chi connectivity index (χ0n) is 9.96. The molecule has 6 heteroatoms. The summed E-state index contributed by atoms with van der Waals surface area (Å²) in [6, 6.07) is 6.63. The zero-order chi connectivity index (χ0) is 13.7. The number of anilines is 1. The number of carbonyl (C=O) groups is 2. The van der Waals surface area contributed by atoms with Gasteiger partial charge in [0, 0.05) is 17.8 Å². The van der Waals surface area contributed by atoms with E-state index in [1.54, 1.807) is 36.5 Å². The van der Waals surface area contributed by atoms with Crippen molar-refractivity contribution in [2.45, 2.75) is 0 Å². The number of primary amides is 1. The maximum absolute atomic E-state index is 11.5. The first-order valence-corrected chi connectivity index (χ1v) is 5.53. The Bertz CT molecular complexity index is 600. The molecule has 4 N–H and O–H groups in total. The molecule has 2 rings (SSSR count). The van der Waals surface area contributed by atoms with Gasteiger partial charge < -0.3 is 11.1 Å². The highest BCUT2D eigenvalue weighted by Gasteiger charge is 2.00. The van der Waals surface area contributed by atoms with Crippen LogP contribution in [0.3, 0.4) is 0 Å². The summed E-state index contributed by atoms with van der Waals surface area (Å²) < 4.78 is 0. The van der Waals surface area contributed by atoms with E-state index < -0.39 is 5.91 Å². The van der Waals surface area contributed by atoms with Crippen molar-refractivity contribution >= 4 is 23.6 Å². The summed E-state index contributed by atoms with van der Waals surface area (Å²) in [5, 5.41) is 8.93. The second-order valence-electron chi connectivity index (χ2n) is 3.80. The van der Waals surface area contributed by atoms with Crippen LogP contribution in [0.15, 0.2) is 42.7 Å². The minimum absolute atomic E-state index is 0.264. The first-order chi connectivity index (χ1) is 9.15. The maximum Gasteiger partial charge on any atom is 0.248 e. The topological polar surface area (TPSA) is 101 Å². The van der Waals surface area contributed by atoms with Crippen LogP contribution in [0.25, 0.3) is 6.08 Å². The molecule has 2 amide bonds. The number of aromatic amines is 1. The van der Waals surface area contributed by atoms with Crippen molar-refractivity contribution in [3.63, 3.8) is 0 Å². The number of hydrogen-bond donors (Lipinski definition) is 3. The normalized spacial score (nSPS) is 10.5. The van der Waals surface area contributed by atoms with Crippen LogP contribution in [-0.4, -0.2) is 22.0 Å². The average molecular weight is 256 g/mol. The van der Waals surface area contributed by atoms with Gasteiger partial charge in [0.1, 0.15) is 0 Å². The monoisotopic (exact) mass is 256 g/mol. The molecule has 0 saturated carbocycles. The minimum atomic E-state index is -0.478. The van der Waals surface area contributed by atoms with Crippen LogP contribution in [0, 0.1) is 0 Å². The molecule has 0 aliphatic rings. The second-order valence-corrected chi connectivity index (χ2v) is 3.80.